The van der Waals surface area contributed by atoms with Gasteiger partial charge in [-0.1, -0.05) is 26.8 Å². The van der Waals surface area contributed by atoms with Crippen LogP contribution in [0.25, 0.3) is 0 Å². The third kappa shape index (κ3) is 4.15. The molecule has 0 aliphatic carbocycles. The van der Waals surface area contributed by atoms with Crippen LogP contribution in [-0.4, -0.2) is 32.5 Å². The van der Waals surface area contributed by atoms with Gasteiger partial charge in [0.2, 0.25) is 0 Å². The highest BCUT2D eigenvalue weighted by molar-refractivity contribution is 6.74. The van der Waals surface area contributed by atoms with Gasteiger partial charge in [0.1, 0.15) is 11.3 Å². The number of nitrogens with one attached hydrogen (secondary N) is 1. The van der Waals surface area contributed by atoms with Crippen molar-refractivity contribution < 1.29 is 14.3 Å². The van der Waals surface area contributed by atoms with E-state index in [1.54, 1.807) is 0 Å². The quantitative estimate of drug-likeness (QED) is 0.808. The van der Waals surface area contributed by atoms with Crippen LogP contribution >= 0.6 is 0 Å². The van der Waals surface area contributed by atoms with Crippen LogP contribution in [0, 0.1) is 0 Å². The molecule has 1 aromatic carbocycles. The maximum absolute atomic E-state index is 11.7. The van der Waals surface area contributed by atoms with Crippen molar-refractivity contribution in [2.24, 2.45) is 0 Å². The van der Waals surface area contributed by atoms with Crippen LogP contribution in [0.4, 0.5) is 0 Å². The Labute approximate surface area is 140 Å². The van der Waals surface area contributed by atoms with E-state index in [1.165, 1.54) is 0 Å². The Balaban J connectivity index is 2.32. The molecule has 0 atom stereocenters. The first-order valence-electron chi connectivity index (χ1n) is 8.39. The predicted octanol–water partition coefficient (Wildman–Crippen LogP) is 4.24. The van der Waals surface area contributed by atoms with Gasteiger partial charge in [0.15, 0.2) is 0 Å². The van der Waals surface area contributed by atoms with E-state index in [4.69, 9.17) is 4.43 Å². The van der Waals surface area contributed by atoms with Crippen molar-refractivity contribution in [2.45, 2.75) is 57.7 Å². The molecular formula is C18H29NO3Si. The third-order valence-corrected chi connectivity index (χ3v) is 9.56. The smallest absolute Gasteiger partial charge is 0.339 e. The van der Waals surface area contributed by atoms with Gasteiger partial charge in [0.05, 0.1) is 0 Å². The van der Waals surface area contributed by atoms with Crippen molar-refractivity contribution >= 4 is 14.3 Å². The summed E-state index contributed by atoms with van der Waals surface area (Å²) >= 11 is 0. The van der Waals surface area contributed by atoms with Gasteiger partial charge < -0.3 is 14.8 Å². The Morgan fingerprint density at radius 1 is 1.26 bits per heavy atom. The van der Waals surface area contributed by atoms with Gasteiger partial charge in [-0.2, -0.15) is 0 Å². The van der Waals surface area contributed by atoms with Gasteiger partial charge in [-0.15, -0.1) is 0 Å². The minimum atomic E-state index is -2.05. The van der Waals surface area contributed by atoms with Crippen molar-refractivity contribution in [1.82, 2.24) is 5.32 Å². The summed E-state index contributed by atoms with van der Waals surface area (Å²) in [4.78, 5) is 11.7. The van der Waals surface area contributed by atoms with E-state index >= 15 is 0 Å². The maximum atomic E-state index is 11.7. The third-order valence-electron chi connectivity index (χ3n) is 5.22. The number of rotatable bonds is 4. The van der Waals surface area contributed by atoms with Gasteiger partial charge in [0, 0.05) is 0 Å². The summed E-state index contributed by atoms with van der Waals surface area (Å²) < 4.78 is 6.25. The number of hydrogen-bond acceptors (Lipinski definition) is 3. The lowest BCUT2D eigenvalue weighted by atomic mass is 9.89. The monoisotopic (exact) mass is 335 g/mol. The molecule has 1 fully saturated rings. The molecular weight excluding hydrogens is 306 g/mol. The van der Waals surface area contributed by atoms with E-state index < -0.39 is 14.3 Å². The predicted molar refractivity (Wildman–Crippen MR) is 96.1 cm³/mol. The summed E-state index contributed by atoms with van der Waals surface area (Å²) in [6.07, 6.45) is 2.11. The van der Waals surface area contributed by atoms with Crippen LogP contribution in [-0.2, 0) is 0 Å². The fraction of sp³-hybridized carbons (Fsp3) is 0.611. The second kappa shape index (κ2) is 6.65. The average molecular weight is 336 g/mol. The first-order chi connectivity index (χ1) is 10.6. The molecule has 0 spiro atoms. The Hall–Kier alpha value is -1.33. The van der Waals surface area contributed by atoms with Gasteiger partial charge in [-0.05, 0) is 67.7 Å². The molecule has 1 aliphatic rings. The Morgan fingerprint density at radius 3 is 2.39 bits per heavy atom. The summed E-state index contributed by atoms with van der Waals surface area (Å²) in [7, 11) is -2.05. The normalized spacial score (nSPS) is 17.1. The first kappa shape index (κ1) is 18.0. The molecule has 4 nitrogen and oxygen atoms in total. The summed E-state index contributed by atoms with van der Waals surface area (Å²) in [6, 6.07) is 5.73. The maximum Gasteiger partial charge on any atom is 0.339 e. The van der Waals surface area contributed by atoms with E-state index in [2.05, 4.69) is 39.2 Å². The topological polar surface area (TPSA) is 58.6 Å². The molecule has 5 heteroatoms. The lowest BCUT2D eigenvalue weighted by Gasteiger charge is -2.37. The van der Waals surface area contributed by atoms with Gasteiger partial charge in [-0.25, -0.2) is 4.79 Å². The molecule has 0 amide bonds. The average Bonchev–Trinajstić information content (AvgIpc) is 2.46. The lowest BCUT2D eigenvalue weighted by molar-refractivity contribution is 0.0694. The number of carboxylic acid groups (broad SMARTS) is 1. The second-order valence-electron chi connectivity index (χ2n) is 7.95. The number of carboxylic acids is 1. The molecule has 1 aromatic rings. The minimum absolute atomic E-state index is 0.0382. The highest BCUT2D eigenvalue weighted by atomic mass is 28.4. The molecule has 1 heterocycles. The number of carbonyl (C=O) groups is 1. The number of hydrogen-bond donors (Lipinski definition) is 2. The zero-order valence-electron chi connectivity index (χ0n) is 14.9. The van der Waals surface area contributed by atoms with Crippen LogP contribution in [0.15, 0.2) is 18.2 Å². The van der Waals surface area contributed by atoms with E-state index in [1.807, 2.05) is 18.2 Å². The zero-order valence-corrected chi connectivity index (χ0v) is 15.9. The SMILES string of the molecule is CC(C)(C)[Si](C)(C)Oc1ccc(C2CCNCC2)cc1C(=O)O. The molecule has 0 radical (unpaired) electrons. The minimum Gasteiger partial charge on any atom is -0.543 e. The lowest BCUT2D eigenvalue weighted by Crippen LogP contribution is -2.44. The summed E-state index contributed by atoms with van der Waals surface area (Å²) in [6.45, 7) is 12.7. The van der Waals surface area contributed by atoms with Crippen LogP contribution in [0.3, 0.4) is 0 Å². The molecule has 0 aromatic heterocycles. The Kier molecular flexibility index (Phi) is 5.21. The molecule has 23 heavy (non-hydrogen) atoms. The molecule has 0 saturated carbocycles. The molecule has 0 unspecified atom stereocenters. The molecule has 2 rings (SSSR count). The van der Waals surface area contributed by atoms with E-state index in [0.717, 1.165) is 31.5 Å². The Morgan fingerprint density at radius 2 is 1.87 bits per heavy atom. The highest BCUT2D eigenvalue weighted by Gasteiger charge is 2.39. The van der Waals surface area contributed by atoms with Crippen LogP contribution in [0.2, 0.25) is 18.1 Å². The zero-order chi connectivity index (χ0) is 17.3. The van der Waals surface area contributed by atoms with Crippen molar-refractivity contribution in [2.75, 3.05) is 13.1 Å². The van der Waals surface area contributed by atoms with Gasteiger partial charge in [-0.3, -0.25) is 0 Å². The van der Waals surface area contributed by atoms with Crippen LogP contribution in [0.5, 0.6) is 5.75 Å². The summed E-state index contributed by atoms with van der Waals surface area (Å²) in [5, 5.41) is 13.0. The van der Waals surface area contributed by atoms with Gasteiger partial charge >= 0.3 is 5.97 Å². The van der Waals surface area contributed by atoms with E-state index in [0.29, 0.717) is 17.2 Å². The van der Waals surface area contributed by atoms with Crippen LogP contribution in [0.1, 0.15) is 55.5 Å². The van der Waals surface area contributed by atoms with Crippen molar-refractivity contribution in [3.05, 3.63) is 29.3 Å². The second-order valence-corrected chi connectivity index (χ2v) is 12.7. The van der Waals surface area contributed by atoms with E-state index in [9.17, 15) is 9.90 Å². The van der Waals surface area contributed by atoms with Crippen LogP contribution < -0.4 is 9.74 Å². The number of piperidine rings is 1. The van der Waals surface area contributed by atoms with Crippen molar-refractivity contribution in [1.29, 1.82) is 0 Å². The van der Waals surface area contributed by atoms with Gasteiger partial charge in [0.25, 0.3) is 8.32 Å². The first-order valence-corrected chi connectivity index (χ1v) is 11.3. The standard InChI is InChI=1S/C18H29NO3Si/c1-18(2,3)23(4,5)22-16-7-6-14(12-15(16)17(20)21)13-8-10-19-11-9-13/h6-7,12-13,19H,8-11H2,1-5H3,(H,20,21). The highest BCUT2D eigenvalue weighted by Crippen LogP contribution is 2.39. The largest absolute Gasteiger partial charge is 0.543 e. The number of aromatic carboxylic acids is 1. The molecule has 1 aliphatic heterocycles. The molecule has 0 bridgehead atoms. The molecule has 2 N–H and O–H groups in total. The van der Waals surface area contributed by atoms with E-state index in [-0.39, 0.29) is 5.04 Å². The molecule has 128 valence electrons. The van der Waals surface area contributed by atoms with Crippen molar-refractivity contribution in [3.8, 4) is 5.75 Å². The fourth-order valence-electron chi connectivity index (χ4n) is 2.64. The van der Waals surface area contributed by atoms with Crippen molar-refractivity contribution in [3.63, 3.8) is 0 Å². The molecule has 1 saturated heterocycles. The Bertz CT molecular complexity index is 572. The number of benzene rings is 1. The summed E-state index contributed by atoms with van der Waals surface area (Å²) in [5.41, 5.74) is 1.41. The fourth-order valence-corrected chi connectivity index (χ4v) is 3.67. The summed E-state index contributed by atoms with van der Waals surface area (Å²) in [5.74, 6) is 0.0486.